The molecule has 0 saturated carbocycles. The number of aryl methyl sites for hydroxylation is 1. The van der Waals surface area contributed by atoms with Crippen molar-refractivity contribution in [2.24, 2.45) is 0 Å². The SMILES string of the molecule is COc1ccc(S(=O)(=O)NCC(=O)Nc2ccc(Br)cc2C)cc1NC(C)=O. The Kier molecular flexibility index (Phi) is 7.17. The number of rotatable bonds is 7. The van der Waals surface area contributed by atoms with Gasteiger partial charge in [0.05, 0.1) is 24.2 Å². The summed E-state index contributed by atoms with van der Waals surface area (Å²) >= 11 is 3.34. The van der Waals surface area contributed by atoms with Gasteiger partial charge in [-0.3, -0.25) is 9.59 Å². The molecule has 28 heavy (non-hydrogen) atoms. The van der Waals surface area contributed by atoms with Crippen molar-refractivity contribution in [3.05, 3.63) is 46.4 Å². The molecule has 2 amide bonds. The lowest BCUT2D eigenvalue weighted by Gasteiger charge is -2.13. The van der Waals surface area contributed by atoms with Crippen LogP contribution in [0.3, 0.4) is 0 Å². The fraction of sp³-hybridized carbons (Fsp3) is 0.222. The Bertz CT molecular complexity index is 1010. The third kappa shape index (κ3) is 5.78. The number of methoxy groups -OCH3 is 1. The highest BCUT2D eigenvalue weighted by atomic mass is 79.9. The van der Waals surface area contributed by atoms with Crippen molar-refractivity contribution in [1.82, 2.24) is 4.72 Å². The lowest BCUT2D eigenvalue weighted by Crippen LogP contribution is -2.33. The second kappa shape index (κ2) is 9.18. The van der Waals surface area contributed by atoms with Gasteiger partial charge in [0.25, 0.3) is 0 Å². The zero-order valence-corrected chi connectivity index (χ0v) is 17.9. The average molecular weight is 470 g/mol. The molecule has 0 aliphatic rings. The van der Waals surface area contributed by atoms with Crippen molar-refractivity contribution in [3.63, 3.8) is 0 Å². The largest absolute Gasteiger partial charge is 0.495 e. The minimum absolute atomic E-state index is 0.107. The molecule has 10 heteroatoms. The number of nitrogens with one attached hydrogen (secondary N) is 3. The van der Waals surface area contributed by atoms with E-state index in [0.29, 0.717) is 11.4 Å². The van der Waals surface area contributed by atoms with Crippen LogP contribution in [0.5, 0.6) is 5.75 Å². The summed E-state index contributed by atoms with van der Waals surface area (Å²) in [6.07, 6.45) is 0. The lowest BCUT2D eigenvalue weighted by molar-refractivity contribution is -0.115. The molecule has 0 saturated heterocycles. The third-order valence-electron chi connectivity index (χ3n) is 3.68. The fourth-order valence-electron chi connectivity index (χ4n) is 2.35. The van der Waals surface area contributed by atoms with Crippen LogP contribution >= 0.6 is 15.9 Å². The number of benzene rings is 2. The van der Waals surface area contributed by atoms with E-state index < -0.39 is 22.5 Å². The van der Waals surface area contributed by atoms with Crippen LogP contribution in [0.25, 0.3) is 0 Å². The van der Waals surface area contributed by atoms with Crippen molar-refractivity contribution in [3.8, 4) is 5.75 Å². The average Bonchev–Trinajstić information content (AvgIpc) is 2.62. The topological polar surface area (TPSA) is 114 Å². The van der Waals surface area contributed by atoms with Crippen molar-refractivity contribution in [1.29, 1.82) is 0 Å². The van der Waals surface area contributed by atoms with E-state index in [1.807, 2.05) is 13.0 Å². The van der Waals surface area contributed by atoms with Gasteiger partial charge in [0.2, 0.25) is 21.8 Å². The first-order valence-corrected chi connectivity index (χ1v) is 10.4. The maximum atomic E-state index is 12.5. The van der Waals surface area contributed by atoms with E-state index in [1.54, 1.807) is 12.1 Å². The molecule has 0 aliphatic heterocycles. The van der Waals surface area contributed by atoms with Crippen LogP contribution in [0.4, 0.5) is 11.4 Å². The van der Waals surface area contributed by atoms with Crippen LogP contribution < -0.4 is 20.1 Å². The standard InChI is InChI=1S/C18H20BrN3O5S/c1-11-8-13(19)4-6-15(11)22-18(24)10-20-28(25,26)14-5-7-17(27-3)16(9-14)21-12(2)23/h4-9,20H,10H2,1-3H3,(H,21,23)(H,22,24). The van der Waals surface area contributed by atoms with Gasteiger partial charge < -0.3 is 15.4 Å². The quantitative estimate of drug-likeness (QED) is 0.576. The van der Waals surface area contributed by atoms with Crippen molar-refractivity contribution in [2.75, 3.05) is 24.3 Å². The van der Waals surface area contributed by atoms with Gasteiger partial charge in [0.15, 0.2) is 0 Å². The molecular weight excluding hydrogens is 450 g/mol. The smallest absolute Gasteiger partial charge is 0.241 e. The number of halogens is 1. The Morgan fingerprint density at radius 1 is 1.07 bits per heavy atom. The molecule has 0 heterocycles. The molecule has 0 spiro atoms. The van der Waals surface area contributed by atoms with E-state index in [2.05, 4.69) is 31.3 Å². The zero-order valence-electron chi connectivity index (χ0n) is 15.5. The maximum absolute atomic E-state index is 12.5. The highest BCUT2D eigenvalue weighted by Crippen LogP contribution is 2.27. The maximum Gasteiger partial charge on any atom is 0.241 e. The molecular formula is C18H20BrN3O5S. The van der Waals surface area contributed by atoms with Gasteiger partial charge in [-0.05, 0) is 48.9 Å². The van der Waals surface area contributed by atoms with Crippen molar-refractivity contribution >= 4 is 49.1 Å². The molecule has 0 bridgehead atoms. The predicted octanol–water partition coefficient (Wildman–Crippen LogP) is 2.64. The molecule has 0 atom stereocenters. The monoisotopic (exact) mass is 469 g/mol. The summed E-state index contributed by atoms with van der Waals surface area (Å²) in [6, 6.07) is 9.33. The Labute approximate surface area is 171 Å². The molecule has 0 aliphatic carbocycles. The predicted molar refractivity (Wildman–Crippen MR) is 110 cm³/mol. The molecule has 2 aromatic rings. The van der Waals surface area contributed by atoms with Gasteiger partial charge >= 0.3 is 0 Å². The summed E-state index contributed by atoms with van der Waals surface area (Å²) in [5, 5.41) is 5.16. The lowest BCUT2D eigenvalue weighted by atomic mass is 10.2. The van der Waals surface area contributed by atoms with E-state index in [-0.39, 0.29) is 16.5 Å². The van der Waals surface area contributed by atoms with Gasteiger partial charge in [-0.25, -0.2) is 13.1 Å². The third-order valence-corrected chi connectivity index (χ3v) is 5.57. The number of carbonyl (C=O) groups is 2. The molecule has 0 unspecified atom stereocenters. The Hall–Kier alpha value is -2.43. The van der Waals surface area contributed by atoms with Gasteiger partial charge in [-0.2, -0.15) is 0 Å². The summed E-state index contributed by atoms with van der Waals surface area (Å²) in [5.74, 6) is -0.563. The van der Waals surface area contributed by atoms with Gasteiger partial charge in [0, 0.05) is 17.1 Å². The number of ether oxygens (including phenoxy) is 1. The van der Waals surface area contributed by atoms with E-state index in [1.165, 1.54) is 32.2 Å². The van der Waals surface area contributed by atoms with Crippen LogP contribution in [-0.2, 0) is 19.6 Å². The molecule has 0 radical (unpaired) electrons. The van der Waals surface area contributed by atoms with Crippen LogP contribution in [-0.4, -0.2) is 33.9 Å². The first-order chi connectivity index (χ1) is 13.1. The van der Waals surface area contributed by atoms with Gasteiger partial charge in [-0.15, -0.1) is 0 Å². The number of amides is 2. The van der Waals surface area contributed by atoms with Gasteiger partial charge in [-0.1, -0.05) is 15.9 Å². The molecule has 150 valence electrons. The summed E-state index contributed by atoms with van der Waals surface area (Å²) in [5.41, 5.74) is 1.64. The molecule has 0 fully saturated rings. The summed E-state index contributed by atoms with van der Waals surface area (Å²) < 4.78 is 33.2. The molecule has 3 N–H and O–H groups in total. The van der Waals surface area contributed by atoms with Crippen LogP contribution in [0, 0.1) is 6.92 Å². The van der Waals surface area contributed by atoms with Gasteiger partial charge in [0.1, 0.15) is 5.75 Å². The van der Waals surface area contributed by atoms with Crippen LogP contribution in [0.1, 0.15) is 12.5 Å². The Balaban J connectivity index is 2.10. The fourth-order valence-corrected chi connectivity index (χ4v) is 3.83. The van der Waals surface area contributed by atoms with Crippen molar-refractivity contribution in [2.45, 2.75) is 18.7 Å². The highest BCUT2D eigenvalue weighted by Gasteiger charge is 2.18. The summed E-state index contributed by atoms with van der Waals surface area (Å²) in [6.45, 7) is 2.68. The number of sulfonamides is 1. The Morgan fingerprint density at radius 2 is 1.79 bits per heavy atom. The summed E-state index contributed by atoms with van der Waals surface area (Å²) in [7, 11) is -2.57. The normalized spacial score (nSPS) is 11.0. The second-order valence-corrected chi connectivity index (χ2v) is 8.56. The van der Waals surface area contributed by atoms with Crippen LogP contribution in [0.15, 0.2) is 45.8 Å². The first-order valence-electron chi connectivity index (χ1n) is 8.13. The number of anilines is 2. The zero-order chi connectivity index (χ0) is 20.9. The number of carbonyl (C=O) groups excluding carboxylic acids is 2. The van der Waals surface area contributed by atoms with E-state index in [4.69, 9.17) is 4.74 Å². The molecule has 0 aromatic heterocycles. The molecule has 2 aromatic carbocycles. The minimum Gasteiger partial charge on any atom is -0.495 e. The number of hydrogen-bond acceptors (Lipinski definition) is 5. The molecule has 8 nitrogen and oxygen atoms in total. The van der Waals surface area contributed by atoms with Crippen LogP contribution in [0.2, 0.25) is 0 Å². The van der Waals surface area contributed by atoms with E-state index in [9.17, 15) is 18.0 Å². The van der Waals surface area contributed by atoms with E-state index in [0.717, 1.165) is 10.0 Å². The first kappa shape index (κ1) is 21.9. The highest BCUT2D eigenvalue weighted by molar-refractivity contribution is 9.10. The molecule has 2 rings (SSSR count). The van der Waals surface area contributed by atoms with Crippen molar-refractivity contribution < 1.29 is 22.7 Å². The van der Waals surface area contributed by atoms with E-state index >= 15 is 0 Å². The minimum atomic E-state index is -3.97. The second-order valence-electron chi connectivity index (χ2n) is 5.88. The number of hydrogen-bond donors (Lipinski definition) is 3. The Morgan fingerprint density at radius 3 is 2.39 bits per heavy atom. The summed E-state index contributed by atoms with van der Waals surface area (Å²) in [4.78, 5) is 23.3.